The topological polar surface area (TPSA) is 90.0 Å². The number of sulfonamides is 1. The summed E-state index contributed by atoms with van der Waals surface area (Å²) in [5.41, 5.74) is 1.75. The summed E-state index contributed by atoms with van der Waals surface area (Å²) in [4.78, 5) is 0.0643. The lowest BCUT2D eigenvalue weighted by Crippen LogP contribution is -2.12. The average molecular weight is 357 g/mol. The Bertz CT molecular complexity index is 740. The van der Waals surface area contributed by atoms with Crippen LogP contribution in [0.2, 0.25) is 0 Å². The Labute approximate surface area is 125 Å². The molecule has 0 spiro atoms. The first-order valence-corrected chi connectivity index (χ1v) is 7.96. The standard InChI is InChI=1S/C12H13BrN4O2S/c1-2-17-8-9(7-16-17)6-15-12-4-3-10(5-11(12)13)20(14,18)19/h2-5,7-8,15H,1,6H2,(H2,14,18,19). The molecule has 3 N–H and O–H groups in total. The van der Waals surface area contributed by atoms with Gasteiger partial charge in [-0.05, 0) is 34.1 Å². The highest BCUT2D eigenvalue weighted by atomic mass is 79.9. The van der Waals surface area contributed by atoms with Crippen molar-refractivity contribution in [2.75, 3.05) is 5.32 Å². The highest BCUT2D eigenvalue weighted by Crippen LogP contribution is 2.25. The molecule has 0 unspecified atom stereocenters. The molecule has 0 amide bonds. The smallest absolute Gasteiger partial charge is 0.238 e. The summed E-state index contributed by atoms with van der Waals surface area (Å²) in [6.45, 7) is 4.17. The van der Waals surface area contributed by atoms with Crippen LogP contribution < -0.4 is 10.5 Å². The third-order valence-electron chi connectivity index (χ3n) is 2.59. The van der Waals surface area contributed by atoms with Crippen molar-refractivity contribution in [1.29, 1.82) is 0 Å². The molecule has 0 radical (unpaired) electrons. The van der Waals surface area contributed by atoms with Crippen molar-refractivity contribution in [3.8, 4) is 0 Å². The minimum Gasteiger partial charge on any atom is -0.380 e. The van der Waals surface area contributed by atoms with Crippen LogP contribution in [0.3, 0.4) is 0 Å². The number of nitrogens with two attached hydrogens (primary N) is 1. The molecule has 106 valence electrons. The van der Waals surface area contributed by atoms with E-state index < -0.39 is 10.0 Å². The lowest BCUT2D eigenvalue weighted by Gasteiger charge is -2.08. The first kappa shape index (κ1) is 14.8. The van der Waals surface area contributed by atoms with E-state index in [9.17, 15) is 8.42 Å². The Balaban J connectivity index is 2.12. The van der Waals surface area contributed by atoms with E-state index in [0.717, 1.165) is 11.3 Å². The molecule has 2 rings (SSSR count). The van der Waals surface area contributed by atoms with E-state index in [4.69, 9.17) is 5.14 Å². The third-order valence-corrected chi connectivity index (χ3v) is 4.16. The van der Waals surface area contributed by atoms with Crippen LogP contribution in [0.25, 0.3) is 6.20 Å². The number of aromatic nitrogens is 2. The van der Waals surface area contributed by atoms with Gasteiger partial charge in [0.05, 0.1) is 11.1 Å². The average Bonchev–Trinajstić information content (AvgIpc) is 2.84. The monoisotopic (exact) mass is 356 g/mol. The molecule has 0 fully saturated rings. The molecule has 0 aliphatic heterocycles. The van der Waals surface area contributed by atoms with Gasteiger partial charge in [0.2, 0.25) is 10.0 Å². The lowest BCUT2D eigenvalue weighted by molar-refractivity contribution is 0.598. The van der Waals surface area contributed by atoms with Gasteiger partial charge in [0.15, 0.2) is 0 Å². The van der Waals surface area contributed by atoms with E-state index in [-0.39, 0.29) is 4.90 Å². The summed E-state index contributed by atoms with van der Waals surface area (Å²) in [6, 6.07) is 4.57. The molecule has 1 aromatic heterocycles. The molecule has 0 aliphatic carbocycles. The lowest BCUT2D eigenvalue weighted by atomic mass is 10.3. The minimum absolute atomic E-state index is 0.0643. The Morgan fingerprint density at radius 1 is 1.50 bits per heavy atom. The van der Waals surface area contributed by atoms with Crippen LogP contribution in [0.1, 0.15) is 5.56 Å². The summed E-state index contributed by atoms with van der Waals surface area (Å²) in [7, 11) is -3.69. The normalized spacial score (nSPS) is 11.3. The number of rotatable bonds is 5. The molecule has 2 aromatic rings. The quantitative estimate of drug-likeness (QED) is 0.857. The molecule has 0 bridgehead atoms. The van der Waals surface area contributed by atoms with Crippen LogP contribution >= 0.6 is 15.9 Å². The Hall–Kier alpha value is -1.64. The number of hydrogen-bond donors (Lipinski definition) is 2. The Morgan fingerprint density at radius 3 is 2.80 bits per heavy atom. The van der Waals surface area contributed by atoms with Crippen molar-refractivity contribution in [1.82, 2.24) is 9.78 Å². The highest BCUT2D eigenvalue weighted by molar-refractivity contribution is 9.10. The molecule has 0 saturated carbocycles. The van der Waals surface area contributed by atoms with Crippen molar-refractivity contribution in [2.45, 2.75) is 11.4 Å². The molecule has 6 nitrogen and oxygen atoms in total. The number of anilines is 1. The van der Waals surface area contributed by atoms with Crippen LogP contribution in [0.4, 0.5) is 5.69 Å². The molecule has 8 heteroatoms. The van der Waals surface area contributed by atoms with Gasteiger partial charge >= 0.3 is 0 Å². The van der Waals surface area contributed by atoms with Crippen LogP contribution in [-0.2, 0) is 16.6 Å². The van der Waals surface area contributed by atoms with Crippen molar-refractivity contribution < 1.29 is 8.42 Å². The SMILES string of the molecule is C=Cn1cc(CNc2ccc(S(N)(=O)=O)cc2Br)cn1. The summed E-state index contributed by atoms with van der Waals surface area (Å²) in [6.07, 6.45) is 5.16. The zero-order chi connectivity index (χ0) is 14.8. The molecule has 0 saturated heterocycles. The molecular formula is C12H13BrN4O2S. The summed E-state index contributed by atoms with van der Waals surface area (Å²) < 4.78 is 24.7. The van der Waals surface area contributed by atoms with E-state index in [1.165, 1.54) is 12.1 Å². The first-order valence-electron chi connectivity index (χ1n) is 5.62. The maximum atomic E-state index is 11.2. The van der Waals surface area contributed by atoms with Crippen molar-refractivity contribution in [2.24, 2.45) is 5.14 Å². The maximum absolute atomic E-state index is 11.2. The van der Waals surface area contributed by atoms with Crippen molar-refractivity contribution in [3.05, 3.63) is 47.2 Å². The third kappa shape index (κ3) is 3.47. The number of nitrogens with zero attached hydrogens (tertiary/aromatic N) is 2. The van der Waals surface area contributed by atoms with Gasteiger partial charge in [-0.1, -0.05) is 6.58 Å². The van der Waals surface area contributed by atoms with E-state index in [2.05, 4.69) is 32.9 Å². The first-order chi connectivity index (χ1) is 9.40. The zero-order valence-corrected chi connectivity index (χ0v) is 12.9. The molecule has 1 aromatic carbocycles. The highest BCUT2D eigenvalue weighted by Gasteiger charge is 2.10. The van der Waals surface area contributed by atoms with Gasteiger partial charge in [0.1, 0.15) is 0 Å². The second kappa shape index (κ2) is 5.78. The van der Waals surface area contributed by atoms with E-state index in [1.807, 2.05) is 6.20 Å². The number of benzene rings is 1. The minimum atomic E-state index is -3.69. The Kier molecular flexibility index (Phi) is 4.26. The van der Waals surface area contributed by atoms with Gasteiger partial charge in [-0.25, -0.2) is 18.2 Å². The predicted molar refractivity (Wildman–Crippen MR) is 81.5 cm³/mol. The maximum Gasteiger partial charge on any atom is 0.238 e. The number of nitrogens with one attached hydrogen (secondary N) is 1. The number of halogens is 1. The number of hydrogen-bond acceptors (Lipinski definition) is 4. The van der Waals surface area contributed by atoms with Gasteiger partial charge in [0.25, 0.3) is 0 Å². The van der Waals surface area contributed by atoms with E-state index in [0.29, 0.717) is 11.0 Å². The Morgan fingerprint density at radius 2 is 2.25 bits per heavy atom. The van der Waals surface area contributed by atoms with Gasteiger partial charge in [0, 0.05) is 34.7 Å². The predicted octanol–water partition coefficient (Wildman–Crippen LogP) is 2.01. The van der Waals surface area contributed by atoms with Gasteiger partial charge in [-0.3, -0.25) is 0 Å². The van der Waals surface area contributed by atoms with Crippen LogP contribution in [0.5, 0.6) is 0 Å². The fraction of sp³-hybridized carbons (Fsp3) is 0.0833. The summed E-state index contributed by atoms with van der Waals surface area (Å²) >= 11 is 3.31. The van der Waals surface area contributed by atoms with Crippen molar-refractivity contribution >= 4 is 37.8 Å². The largest absolute Gasteiger partial charge is 0.380 e. The molecule has 20 heavy (non-hydrogen) atoms. The summed E-state index contributed by atoms with van der Waals surface area (Å²) in [5.74, 6) is 0. The van der Waals surface area contributed by atoms with Crippen molar-refractivity contribution in [3.63, 3.8) is 0 Å². The van der Waals surface area contributed by atoms with Gasteiger partial charge < -0.3 is 5.32 Å². The number of primary sulfonamides is 1. The zero-order valence-electron chi connectivity index (χ0n) is 10.5. The molecule has 1 heterocycles. The second-order valence-electron chi connectivity index (χ2n) is 4.05. The molecule has 0 atom stereocenters. The van der Waals surface area contributed by atoms with E-state index in [1.54, 1.807) is 23.1 Å². The molecular weight excluding hydrogens is 344 g/mol. The molecule has 0 aliphatic rings. The fourth-order valence-corrected chi connectivity index (χ4v) is 2.79. The van der Waals surface area contributed by atoms with Crippen LogP contribution in [0.15, 0.2) is 46.5 Å². The van der Waals surface area contributed by atoms with Gasteiger partial charge in [-0.2, -0.15) is 5.10 Å². The second-order valence-corrected chi connectivity index (χ2v) is 6.47. The van der Waals surface area contributed by atoms with Crippen LogP contribution in [0, 0.1) is 0 Å². The summed E-state index contributed by atoms with van der Waals surface area (Å²) in [5, 5.41) is 12.3. The van der Waals surface area contributed by atoms with Gasteiger partial charge in [-0.15, -0.1) is 0 Å². The van der Waals surface area contributed by atoms with Crippen LogP contribution in [-0.4, -0.2) is 18.2 Å². The fourth-order valence-electron chi connectivity index (χ4n) is 1.58. The van der Waals surface area contributed by atoms with E-state index >= 15 is 0 Å².